The van der Waals surface area contributed by atoms with Gasteiger partial charge < -0.3 is 39.9 Å². The number of carbonyl (C=O) groups is 1. The maximum atomic E-state index is 11.9. The number of nitrogens with two attached hydrogens (primary N) is 1. The molecule has 0 aliphatic carbocycles. The number of esters is 1. The first kappa shape index (κ1) is 26.7. The summed E-state index contributed by atoms with van der Waals surface area (Å²) < 4.78 is 57.7. The number of aliphatic hydroxyl groups excluding tert-OH is 1. The van der Waals surface area contributed by atoms with Crippen LogP contribution in [0.25, 0.3) is 11.2 Å². The van der Waals surface area contributed by atoms with Crippen LogP contribution in [0.5, 0.6) is 0 Å². The van der Waals surface area contributed by atoms with Crippen LogP contribution in [-0.4, -0.2) is 75.1 Å². The van der Waals surface area contributed by atoms with Gasteiger partial charge in [-0.2, -0.15) is 8.62 Å². The van der Waals surface area contributed by atoms with Crippen molar-refractivity contribution in [2.24, 2.45) is 0 Å². The molecule has 7 N–H and O–H groups in total. The van der Waals surface area contributed by atoms with E-state index in [1.165, 1.54) is 10.9 Å². The summed E-state index contributed by atoms with van der Waals surface area (Å²) in [6, 6.07) is 0. The number of phosphoric ester groups is 1. The van der Waals surface area contributed by atoms with E-state index in [4.69, 9.17) is 25.0 Å². The Morgan fingerprint density at radius 3 is 2.44 bits per heavy atom. The maximum absolute atomic E-state index is 11.9. The highest BCUT2D eigenvalue weighted by molar-refractivity contribution is 7.66. The zero-order chi connectivity index (χ0) is 25.5. The van der Waals surface area contributed by atoms with Crippen LogP contribution in [0.1, 0.15) is 13.2 Å². The minimum atomic E-state index is -5.74. The molecular formula is C12H18N5O14P3. The molecule has 2 aromatic heterocycles. The second kappa shape index (κ2) is 9.66. The number of aromatic nitrogens is 4. The van der Waals surface area contributed by atoms with Gasteiger partial charge in [-0.25, -0.2) is 28.6 Å². The first-order chi connectivity index (χ1) is 15.6. The molecule has 1 aliphatic rings. The molecule has 2 unspecified atom stereocenters. The van der Waals surface area contributed by atoms with Gasteiger partial charge in [0.2, 0.25) is 0 Å². The zero-order valence-electron chi connectivity index (χ0n) is 16.8. The van der Waals surface area contributed by atoms with Crippen molar-refractivity contribution in [2.45, 2.75) is 31.5 Å². The zero-order valence-corrected chi connectivity index (χ0v) is 19.5. The quantitative estimate of drug-likeness (QED) is 0.160. The Morgan fingerprint density at radius 1 is 1.15 bits per heavy atom. The summed E-state index contributed by atoms with van der Waals surface area (Å²) in [4.78, 5) is 59.2. The van der Waals surface area contributed by atoms with E-state index in [0.717, 1.165) is 13.3 Å². The Morgan fingerprint density at radius 2 is 1.82 bits per heavy atom. The third-order valence-corrected chi connectivity index (χ3v) is 7.90. The van der Waals surface area contributed by atoms with Crippen molar-refractivity contribution in [2.75, 3.05) is 12.3 Å². The third-order valence-electron chi connectivity index (χ3n) is 4.09. The van der Waals surface area contributed by atoms with Crippen LogP contribution < -0.4 is 5.73 Å². The van der Waals surface area contributed by atoms with Crippen molar-refractivity contribution >= 4 is 46.4 Å². The predicted octanol–water partition coefficient (Wildman–Crippen LogP) is -1.06. The fourth-order valence-electron chi connectivity index (χ4n) is 2.93. The van der Waals surface area contributed by atoms with E-state index in [1.54, 1.807) is 0 Å². The number of hydrogen-bond donors (Lipinski definition) is 6. The van der Waals surface area contributed by atoms with Crippen molar-refractivity contribution in [1.29, 1.82) is 0 Å². The van der Waals surface area contributed by atoms with E-state index >= 15 is 0 Å². The van der Waals surface area contributed by atoms with Gasteiger partial charge in [0.25, 0.3) is 0 Å². The number of ether oxygens (including phenoxy) is 2. The number of phosphoric acid groups is 3. The average molecular weight is 549 g/mol. The molecule has 22 heteroatoms. The number of nitrogens with zero attached hydrogens (tertiary/aromatic N) is 4. The highest BCUT2D eigenvalue weighted by atomic mass is 31.3. The molecule has 190 valence electrons. The Labute approximate surface area is 188 Å². The van der Waals surface area contributed by atoms with E-state index in [2.05, 4.69) is 28.1 Å². The third kappa shape index (κ3) is 6.42. The van der Waals surface area contributed by atoms with Gasteiger partial charge in [0.1, 0.15) is 24.1 Å². The highest BCUT2D eigenvalue weighted by Crippen LogP contribution is 2.66. The molecule has 1 saturated heterocycles. The summed E-state index contributed by atoms with van der Waals surface area (Å²) in [5.74, 6) is -0.791. The lowest BCUT2D eigenvalue weighted by Crippen LogP contribution is -2.36. The Hall–Kier alpha value is -1.85. The highest BCUT2D eigenvalue weighted by Gasteiger charge is 2.49. The second-order valence-electron chi connectivity index (χ2n) is 6.60. The molecule has 1 fully saturated rings. The lowest BCUT2D eigenvalue weighted by atomic mass is 10.1. The largest absolute Gasteiger partial charge is 0.490 e. The van der Waals surface area contributed by atoms with E-state index in [-0.39, 0.29) is 17.0 Å². The fraction of sp³-hybridized carbons (Fsp3) is 0.500. The number of imidazole rings is 1. The molecule has 19 nitrogen and oxygen atoms in total. The molecule has 3 rings (SSSR count). The topological polar surface area (TPSA) is 285 Å². The molecule has 0 bridgehead atoms. The average Bonchev–Trinajstić information content (AvgIpc) is 3.20. The van der Waals surface area contributed by atoms with Crippen LogP contribution in [0.4, 0.5) is 5.82 Å². The molecule has 0 spiro atoms. The number of fused-ring (bicyclic) bond motifs is 1. The second-order valence-corrected chi connectivity index (χ2v) is 11.0. The smallest absolute Gasteiger partial charge is 0.455 e. The molecule has 0 amide bonds. The first-order valence-electron chi connectivity index (χ1n) is 8.81. The van der Waals surface area contributed by atoms with Crippen LogP contribution >= 0.6 is 23.5 Å². The van der Waals surface area contributed by atoms with Crippen molar-refractivity contribution in [3.8, 4) is 0 Å². The summed E-state index contributed by atoms with van der Waals surface area (Å²) in [5, 5.41) is 10.6. The van der Waals surface area contributed by atoms with Crippen molar-refractivity contribution < 1.29 is 65.8 Å². The number of carbonyl (C=O) groups excluding carboxylic acids is 1. The van der Waals surface area contributed by atoms with Crippen LogP contribution in [0.2, 0.25) is 0 Å². The minimum absolute atomic E-state index is 0.0236. The fourth-order valence-corrected chi connectivity index (χ4v) is 5.96. The molecular weight excluding hydrogens is 531 g/mol. The van der Waals surface area contributed by atoms with Gasteiger partial charge >= 0.3 is 29.4 Å². The minimum Gasteiger partial charge on any atom is -0.455 e. The number of nitrogen functional groups attached to an aromatic ring is 1. The van der Waals surface area contributed by atoms with Crippen LogP contribution in [0, 0.1) is 0 Å². The standard InChI is InChI=1S/C12H18N5O14P3/c1-5(18)28-9-8(19)6(2-27-33(23,24)31-34(25,26)30-32(20,21)22)29-12(9)17-4-16-7-10(13)14-3-15-11(7)17/h3-4,6,8-9,12,19H,2H2,1H3,(H,23,24)(H,25,26)(H2,13,14,15)(H2,20,21,22)/t6-,8-,9-,12-/m1/s1. The van der Waals surface area contributed by atoms with E-state index < -0.39 is 60.6 Å². The molecule has 0 aromatic carbocycles. The van der Waals surface area contributed by atoms with Gasteiger partial charge in [-0.05, 0) is 0 Å². The molecule has 0 radical (unpaired) electrons. The van der Waals surface area contributed by atoms with Gasteiger partial charge in [0.05, 0.1) is 12.9 Å². The van der Waals surface area contributed by atoms with Gasteiger partial charge in [-0.1, -0.05) is 0 Å². The lowest BCUT2D eigenvalue weighted by molar-refractivity contribution is -0.155. The molecule has 34 heavy (non-hydrogen) atoms. The summed E-state index contributed by atoms with van der Waals surface area (Å²) >= 11 is 0. The number of hydrogen-bond acceptors (Lipinski definition) is 14. The van der Waals surface area contributed by atoms with Gasteiger partial charge in [0.15, 0.2) is 23.8 Å². The number of anilines is 1. The van der Waals surface area contributed by atoms with Crippen molar-refractivity contribution in [3.63, 3.8) is 0 Å². The molecule has 1 aliphatic heterocycles. The number of rotatable bonds is 9. The summed E-state index contributed by atoms with van der Waals surface area (Å²) in [5.41, 5.74) is 6.03. The maximum Gasteiger partial charge on any atom is 0.490 e. The molecule has 0 saturated carbocycles. The van der Waals surface area contributed by atoms with Gasteiger partial charge in [0, 0.05) is 6.92 Å². The summed E-state index contributed by atoms with van der Waals surface area (Å²) in [7, 11) is -16.8. The van der Waals surface area contributed by atoms with Crippen LogP contribution in [0.15, 0.2) is 12.7 Å². The lowest BCUT2D eigenvalue weighted by Gasteiger charge is -2.21. The van der Waals surface area contributed by atoms with Crippen LogP contribution in [-0.2, 0) is 41.1 Å². The number of aliphatic hydroxyl groups is 1. The first-order valence-corrected chi connectivity index (χ1v) is 13.3. The monoisotopic (exact) mass is 549 g/mol. The summed E-state index contributed by atoms with van der Waals surface area (Å²) in [6.07, 6.45) is -3.52. The molecule has 2 aromatic rings. The van der Waals surface area contributed by atoms with Crippen LogP contribution in [0.3, 0.4) is 0 Å². The SMILES string of the molecule is CC(=O)O[C@@H]1[C@H](O)[C@@H](COP(=O)(O)OP(=O)(O)OP(=O)(O)O)O[C@H]1n1cnc2c(N)ncnc21. The molecule has 6 atom stereocenters. The Balaban J connectivity index is 1.78. The summed E-state index contributed by atoms with van der Waals surface area (Å²) in [6.45, 7) is 0.0677. The van der Waals surface area contributed by atoms with Crippen molar-refractivity contribution in [3.05, 3.63) is 12.7 Å². The Bertz CT molecular complexity index is 1220. The van der Waals surface area contributed by atoms with E-state index in [9.17, 15) is 33.4 Å². The van der Waals surface area contributed by atoms with E-state index in [1.807, 2.05) is 0 Å². The van der Waals surface area contributed by atoms with Crippen molar-refractivity contribution in [1.82, 2.24) is 19.5 Å². The predicted molar refractivity (Wildman–Crippen MR) is 105 cm³/mol. The Kier molecular flexibility index (Phi) is 7.60. The normalized spacial score (nSPS) is 26.8. The van der Waals surface area contributed by atoms with E-state index in [0.29, 0.717) is 0 Å². The van der Waals surface area contributed by atoms with Gasteiger partial charge in [-0.3, -0.25) is 13.9 Å². The van der Waals surface area contributed by atoms with Gasteiger partial charge in [-0.15, -0.1) is 0 Å². The molecule has 3 heterocycles.